The first-order chi connectivity index (χ1) is 13.2. The average Bonchev–Trinajstić information content (AvgIpc) is 3.18. The molecular formula is C18H19FN7O+. The number of aromatic nitrogens is 5. The first-order valence-electron chi connectivity index (χ1n) is 8.72. The number of carbonyl (C=O) groups is 1. The summed E-state index contributed by atoms with van der Waals surface area (Å²) in [6, 6.07) is 11.8. The lowest BCUT2D eigenvalue weighted by atomic mass is 10.2. The molecule has 1 fully saturated rings. The molecule has 1 N–H and O–H groups in total. The average molecular weight is 368 g/mol. The molecule has 0 aliphatic carbocycles. The largest absolute Gasteiger partial charge is 0.333 e. The molecule has 1 aliphatic heterocycles. The highest BCUT2D eigenvalue weighted by Gasteiger charge is 2.26. The lowest BCUT2D eigenvalue weighted by Crippen LogP contribution is -2.50. The molecule has 0 spiro atoms. The number of hydrogen-bond acceptors (Lipinski definition) is 5. The van der Waals surface area contributed by atoms with Crippen LogP contribution < -0.4 is 9.88 Å². The summed E-state index contributed by atoms with van der Waals surface area (Å²) in [6.45, 7) is 2.84. The summed E-state index contributed by atoms with van der Waals surface area (Å²) in [5.41, 5.74) is 0.655. The van der Waals surface area contributed by atoms with E-state index < -0.39 is 0 Å². The Morgan fingerprint density at radius 2 is 1.85 bits per heavy atom. The van der Waals surface area contributed by atoms with Gasteiger partial charge in [0.25, 0.3) is 5.82 Å². The van der Waals surface area contributed by atoms with Crippen molar-refractivity contribution in [2.24, 2.45) is 0 Å². The highest BCUT2D eigenvalue weighted by Crippen LogP contribution is 2.14. The number of halogens is 1. The molecule has 9 heteroatoms. The number of anilines is 1. The molecule has 4 rings (SSSR count). The number of rotatable bonds is 4. The first kappa shape index (κ1) is 17.1. The van der Waals surface area contributed by atoms with E-state index in [1.807, 2.05) is 24.4 Å². The van der Waals surface area contributed by atoms with Gasteiger partial charge < -0.3 is 4.90 Å². The molecule has 0 saturated carbocycles. The van der Waals surface area contributed by atoms with E-state index in [0.29, 0.717) is 24.5 Å². The fourth-order valence-electron chi connectivity index (χ4n) is 3.02. The zero-order valence-corrected chi connectivity index (χ0v) is 14.6. The van der Waals surface area contributed by atoms with Gasteiger partial charge in [-0.25, -0.2) is 9.37 Å². The summed E-state index contributed by atoms with van der Waals surface area (Å²) in [6.07, 6.45) is 1.89. The minimum absolute atomic E-state index is 0.0334. The number of tetrazole rings is 1. The van der Waals surface area contributed by atoms with E-state index in [1.165, 1.54) is 16.9 Å². The van der Waals surface area contributed by atoms with E-state index >= 15 is 0 Å². The van der Waals surface area contributed by atoms with Crippen LogP contribution in [-0.2, 0) is 11.3 Å². The molecule has 138 valence electrons. The van der Waals surface area contributed by atoms with Gasteiger partial charge in [-0.3, -0.25) is 9.69 Å². The van der Waals surface area contributed by atoms with Crippen molar-refractivity contribution in [3.8, 4) is 11.4 Å². The molecule has 27 heavy (non-hydrogen) atoms. The predicted molar refractivity (Wildman–Crippen MR) is 95.0 cm³/mol. The van der Waals surface area contributed by atoms with Crippen molar-refractivity contribution in [2.75, 3.05) is 31.1 Å². The summed E-state index contributed by atoms with van der Waals surface area (Å²) < 4.78 is 13.0. The lowest BCUT2D eigenvalue weighted by Gasteiger charge is -2.30. The number of nitrogens with zero attached hydrogens (tertiary/aromatic N) is 6. The van der Waals surface area contributed by atoms with Crippen molar-refractivity contribution in [1.82, 2.24) is 25.1 Å². The molecule has 3 aromatic rings. The summed E-state index contributed by atoms with van der Waals surface area (Å²) in [7, 11) is 0. The third-order valence-corrected chi connectivity index (χ3v) is 4.50. The Labute approximate surface area is 155 Å². The zero-order valence-electron chi connectivity index (χ0n) is 14.6. The van der Waals surface area contributed by atoms with Crippen LogP contribution >= 0.6 is 0 Å². The standard InChI is InChI=1S/C18H18FN7O/c19-15-6-4-14(5-7-15)18-21-23-26(22-18)13-17(27)25-11-9-24(10-12-25)16-3-1-2-8-20-16/h1-8H,9-13H2/p+1. The number of benzene rings is 1. The fraction of sp³-hybridized carbons (Fsp3) is 0.278. The van der Waals surface area contributed by atoms with Gasteiger partial charge in [0.1, 0.15) is 25.5 Å². The van der Waals surface area contributed by atoms with Gasteiger partial charge in [0.05, 0.1) is 19.3 Å². The second-order valence-electron chi connectivity index (χ2n) is 6.27. The van der Waals surface area contributed by atoms with E-state index in [9.17, 15) is 9.18 Å². The maximum atomic E-state index is 13.0. The topological polar surface area (TPSA) is 81.3 Å². The summed E-state index contributed by atoms with van der Waals surface area (Å²) in [5, 5.41) is 12.1. The highest BCUT2D eigenvalue weighted by atomic mass is 19.1. The Bertz CT molecular complexity index is 905. The molecule has 1 aliphatic rings. The van der Waals surface area contributed by atoms with E-state index in [-0.39, 0.29) is 18.3 Å². The minimum atomic E-state index is -0.325. The first-order valence-corrected chi connectivity index (χ1v) is 8.72. The van der Waals surface area contributed by atoms with Crippen LogP contribution in [0.2, 0.25) is 0 Å². The molecule has 1 aromatic carbocycles. The van der Waals surface area contributed by atoms with Gasteiger partial charge in [-0.1, -0.05) is 6.07 Å². The normalized spacial score (nSPS) is 14.4. The van der Waals surface area contributed by atoms with Crippen LogP contribution in [0.4, 0.5) is 10.2 Å². The molecule has 1 amide bonds. The van der Waals surface area contributed by atoms with Gasteiger partial charge >= 0.3 is 0 Å². The summed E-state index contributed by atoms with van der Waals surface area (Å²) >= 11 is 0. The number of hydrogen-bond donors (Lipinski definition) is 0. The van der Waals surface area contributed by atoms with Crippen molar-refractivity contribution in [2.45, 2.75) is 6.54 Å². The fourth-order valence-corrected chi connectivity index (χ4v) is 3.02. The van der Waals surface area contributed by atoms with Crippen molar-refractivity contribution in [3.05, 3.63) is 54.5 Å². The zero-order chi connectivity index (χ0) is 18.6. The lowest BCUT2D eigenvalue weighted by molar-refractivity contribution is -0.364. The van der Waals surface area contributed by atoms with Gasteiger partial charge in [-0.05, 0) is 35.5 Å². The monoisotopic (exact) mass is 368 g/mol. The van der Waals surface area contributed by atoms with Crippen LogP contribution in [0.25, 0.3) is 11.4 Å². The molecule has 0 radical (unpaired) electrons. The number of H-pyrrole nitrogens is 1. The second-order valence-corrected chi connectivity index (χ2v) is 6.27. The maximum absolute atomic E-state index is 13.0. The quantitative estimate of drug-likeness (QED) is 0.675. The molecular weight excluding hydrogens is 349 g/mol. The van der Waals surface area contributed by atoms with Crippen LogP contribution in [-0.4, -0.2) is 57.2 Å². The molecule has 8 nitrogen and oxygen atoms in total. The Balaban J connectivity index is 1.34. The predicted octanol–water partition coefficient (Wildman–Crippen LogP) is 0.642. The summed E-state index contributed by atoms with van der Waals surface area (Å²) in [4.78, 5) is 21.0. The van der Waals surface area contributed by atoms with E-state index in [1.54, 1.807) is 17.0 Å². The van der Waals surface area contributed by atoms with E-state index in [4.69, 9.17) is 0 Å². The van der Waals surface area contributed by atoms with Gasteiger partial charge in [0, 0.05) is 11.6 Å². The number of nitrogens with one attached hydrogen (secondary N) is 1. The Kier molecular flexibility index (Phi) is 4.73. The van der Waals surface area contributed by atoms with Crippen LogP contribution in [0.1, 0.15) is 0 Å². The Morgan fingerprint density at radius 1 is 1.07 bits per heavy atom. The molecule has 2 aromatic heterocycles. The van der Waals surface area contributed by atoms with Gasteiger partial charge in [-0.15, -0.1) is 10.2 Å². The highest BCUT2D eigenvalue weighted by molar-refractivity contribution is 5.76. The second kappa shape index (κ2) is 7.48. The summed E-state index contributed by atoms with van der Waals surface area (Å²) in [5.74, 6) is 1.04. The van der Waals surface area contributed by atoms with Crippen molar-refractivity contribution < 1.29 is 14.2 Å². The third kappa shape index (κ3) is 3.91. The van der Waals surface area contributed by atoms with Crippen LogP contribution in [0.15, 0.2) is 48.7 Å². The molecule has 0 atom stereocenters. The Hall–Kier alpha value is -3.36. The van der Waals surface area contributed by atoms with Crippen molar-refractivity contribution in [3.63, 3.8) is 0 Å². The number of amides is 1. The smallest absolute Gasteiger partial charge is 0.274 e. The number of carbonyl (C=O) groups excluding carboxylic acids is 1. The maximum Gasteiger partial charge on any atom is 0.274 e. The number of pyridine rings is 1. The van der Waals surface area contributed by atoms with Crippen LogP contribution in [0.3, 0.4) is 0 Å². The van der Waals surface area contributed by atoms with Gasteiger partial charge in [0.2, 0.25) is 11.7 Å². The molecule has 1 saturated heterocycles. The number of piperazine rings is 1. The Morgan fingerprint density at radius 3 is 2.56 bits per heavy atom. The van der Waals surface area contributed by atoms with Crippen LogP contribution in [0, 0.1) is 5.82 Å². The molecule has 0 bridgehead atoms. The molecule has 3 heterocycles. The van der Waals surface area contributed by atoms with Crippen molar-refractivity contribution >= 4 is 11.7 Å². The number of aromatic amines is 1. The van der Waals surface area contributed by atoms with Crippen molar-refractivity contribution in [1.29, 1.82) is 0 Å². The minimum Gasteiger partial charge on any atom is -0.333 e. The van der Waals surface area contributed by atoms with E-state index in [2.05, 4.69) is 25.3 Å². The SMILES string of the molecule is O=C(Cn1nnc(-c2ccc(F)cc2)n1)N1CCN(c2cccc[nH+]2)CC1. The van der Waals surface area contributed by atoms with Gasteiger partial charge in [0.15, 0.2) is 0 Å². The van der Waals surface area contributed by atoms with E-state index in [0.717, 1.165) is 18.9 Å². The van der Waals surface area contributed by atoms with Crippen LogP contribution in [0.5, 0.6) is 0 Å². The third-order valence-electron chi connectivity index (χ3n) is 4.50. The molecule has 0 unspecified atom stereocenters. The van der Waals surface area contributed by atoms with Gasteiger partial charge in [-0.2, -0.15) is 4.80 Å².